The smallest absolute Gasteiger partial charge is 0.311 e. The van der Waals surface area contributed by atoms with E-state index in [2.05, 4.69) is 32.1 Å². The van der Waals surface area contributed by atoms with Gasteiger partial charge >= 0.3 is 5.97 Å². The lowest BCUT2D eigenvalue weighted by Crippen LogP contribution is -2.43. The summed E-state index contributed by atoms with van der Waals surface area (Å²) in [6, 6.07) is 0. The summed E-state index contributed by atoms with van der Waals surface area (Å²) in [4.78, 5) is 12.8. The van der Waals surface area contributed by atoms with E-state index in [1.807, 2.05) is 39.8 Å². The molecule has 28 heavy (non-hydrogen) atoms. The lowest BCUT2D eigenvalue weighted by Gasteiger charge is -2.43. The summed E-state index contributed by atoms with van der Waals surface area (Å²) in [5, 5.41) is 10.3. The van der Waals surface area contributed by atoms with E-state index in [9.17, 15) is 9.90 Å². The molecular formula is C25H40O3. The van der Waals surface area contributed by atoms with Gasteiger partial charge in [0.15, 0.2) is 0 Å². The molecular weight excluding hydrogens is 348 g/mol. The largest absolute Gasteiger partial charge is 0.461 e. The number of hydrogen-bond acceptors (Lipinski definition) is 3. The van der Waals surface area contributed by atoms with Crippen LogP contribution in [0.5, 0.6) is 0 Å². The Kier molecular flexibility index (Phi) is 8.12. The van der Waals surface area contributed by atoms with Gasteiger partial charge in [-0.1, -0.05) is 51.2 Å². The molecule has 2 rings (SSSR count). The van der Waals surface area contributed by atoms with E-state index in [0.29, 0.717) is 24.2 Å². The monoisotopic (exact) mass is 388 g/mol. The van der Waals surface area contributed by atoms with Crippen LogP contribution in [0.3, 0.4) is 0 Å². The summed E-state index contributed by atoms with van der Waals surface area (Å²) >= 11 is 0. The first-order chi connectivity index (χ1) is 13.2. The van der Waals surface area contributed by atoms with Gasteiger partial charge in [0.2, 0.25) is 0 Å². The molecule has 3 nitrogen and oxygen atoms in total. The first-order valence-electron chi connectivity index (χ1n) is 11.1. The van der Waals surface area contributed by atoms with Crippen LogP contribution in [0.1, 0.15) is 73.6 Å². The van der Waals surface area contributed by atoms with Gasteiger partial charge in [-0.25, -0.2) is 0 Å². The molecule has 6 atom stereocenters. The van der Waals surface area contributed by atoms with Gasteiger partial charge in [-0.15, -0.1) is 0 Å². The van der Waals surface area contributed by atoms with Crippen molar-refractivity contribution < 1.29 is 14.6 Å². The van der Waals surface area contributed by atoms with Crippen LogP contribution in [-0.4, -0.2) is 23.3 Å². The average molecular weight is 389 g/mol. The molecule has 2 aliphatic carbocycles. The van der Waals surface area contributed by atoms with Gasteiger partial charge in [-0.2, -0.15) is 0 Å². The van der Waals surface area contributed by atoms with E-state index in [1.165, 1.54) is 5.57 Å². The second kappa shape index (κ2) is 9.91. The lowest BCUT2D eigenvalue weighted by molar-refractivity contribution is -0.164. The standard InChI is InChI=1S/C25H40O3/c1-7-9-10-20(26)13-14-21-18(4)11-12-19-15-17(3)16-22(23(19)21)28-24(27)25(5,6)8-2/h7,9,11-12,15,17-18,20-23,26H,8,10,13-14,16H2,1-6H3/b9-7-/t17-,18-,20+,21-,22-,23-/m0/s1. The van der Waals surface area contributed by atoms with Crippen molar-refractivity contribution >= 4 is 5.97 Å². The van der Waals surface area contributed by atoms with Gasteiger partial charge in [-0.05, 0) is 76.2 Å². The van der Waals surface area contributed by atoms with Crippen LogP contribution < -0.4 is 0 Å². The molecule has 0 unspecified atom stereocenters. The molecule has 1 N–H and O–H groups in total. The molecule has 0 bridgehead atoms. The van der Waals surface area contributed by atoms with E-state index < -0.39 is 5.41 Å². The Bertz CT molecular complexity index is 613. The van der Waals surface area contributed by atoms with Crippen molar-refractivity contribution in [2.24, 2.45) is 29.1 Å². The Hall–Kier alpha value is -1.35. The third-order valence-corrected chi connectivity index (χ3v) is 6.77. The van der Waals surface area contributed by atoms with Gasteiger partial charge in [0, 0.05) is 5.92 Å². The molecule has 0 aromatic heterocycles. The van der Waals surface area contributed by atoms with Crippen LogP contribution in [0.15, 0.2) is 36.0 Å². The van der Waals surface area contributed by atoms with Gasteiger partial charge in [0.05, 0.1) is 11.5 Å². The van der Waals surface area contributed by atoms with Crippen LogP contribution in [0.2, 0.25) is 0 Å². The average Bonchev–Trinajstić information content (AvgIpc) is 2.65. The minimum atomic E-state index is -0.446. The molecule has 158 valence electrons. The van der Waals surface area contributed by atoms with E-state index in [0.717, 1.165) is 25.7 Å². The Morgan fingerprint density at radius 1 is 1.39 bits per heavy atom. The number of rotatable bonds is 8. The Labute approximate surface area is 171 Å². The van der Waals surface area contributed by atoms with Crippen LogP contribution in [0.25, 0.3) is 0 Å². The van der Waals surface area contributed by atoms with Gasteiger partial charge in [0.1, 0.15) is 6.10 Å². The third-order valence-electron chi connectivity index (χ3n) is 6.77. The summed E-state index contributed by atoms with van der Waals surface area (Å²) in [6.07, 6.45) is 14.6. The molecule has 0 aromatic rings. The predicted molar refractivity (Wildman–Crippen MR) is 116 cm³/mol. The van der Waals surface area contributed by atoms with Gasteiger partial charge < -0.3 is 9.84 Å². The number of allylic oxidation sites excluding steroid dienone is 4. The highest BCUT2D eigenvalue weighted by molar-refractivity contribution is 5.76. The van der Waals surface area contributed by atoms with E-state index in [1.54, 1.807) is 0 Å². The molecule has 0 aliphatic heterocycles. The minimum Gasteiger partial charge on any atom is -0.461 e. The van der Waals surface area contributed by atoms with E-state index >= 15 is 0 Å². The number of esters is 1. The molecule has 0 saturated heterocycles. The zero-order chi connectivity index (χ0) is 20.9. The number of aliphatic hydroxyl groups excluding tert-OH is 1. The number of aliphatic hydroxyl groups is 1. The van der Waals surface area contributed by atoms with Crippen LogP contribution in [-0.2, 0) is 9.53 Å². The van der Waals surface area contributed by atoms with Crippen molar-refractivity contribution in [1.29, 1.82) is 0 Å². The molecule has 0 radical (unpaired) electrons. The highest BCUT2D eigenvalue weighted by atomic mass is 16.5. The zero-order valence-electron chi connectivity index (χ0n) is 18.7. The Balaban J connectivity index is 2.19. The van der Waals surface area contributed by atoms with Crippen LogP contribution in [0.4, 0.5) is 0 Å². The first-order valence-corrected chi connectivity index (χ1v) is 11.1. The maximum absolute atomic E-state index is 12.8. The molecule has 0 fully saturated rings. The second-order valence-corrected chi connectivity index (χ2v) is 9.50. The number of hydrogen-bond donors (Lipinski definition) is 1. The number of ether oxygens (including phenoxy) is 1. The Morgan fingerprint density at radius 3 is 2.75 bits per heavy atom. The molecule has 3 heteroatoms. The fraction of sp³-hybridized carbons (Fsp3) is 0.720. The first kappa shape index (κ1) is 22.9. The van der Waals surface area contributed by atoms with Crippen molar-refractivity contribution in [3.05, 3.63) is 36.0 Å². The normalized spacial score (nSPS) is 31.4. The van der Waals surface area contributed by atoms with Crippen LogP contribution in [0, 0.1) is 29.1 Å². The van der Waals surface area contributed by atoms with Gasteiger partial charge in [-0.3, -0.25) is 4.79 Å². The highest BCUT2D eigenvalue weighted by Crippen LogP contribution is 2.45. The van der Waals surface area contributed by atoms with E-state index in [-0.39, 0.29) is 24.1 Å². The van der Waals surface area contributed by atoms with Gasteiger partial charge in [0.25, 0.3) is 0 Å². The van der Waals surface area contributed by atoms with Crippen molar-refractivity contribution in [2.75, 3.05) is 0 Å². The Morgan fingerprint density at radius 2 is 2.11 bits per heavy atom. The van der Waals surface area contributed by atoms with Crippen molar-refractivity contribution in [2.45, 2.75) is 85.9 Å². The number of carbonyl (C=O) groups is 1. The summed E-state index contributed by atoms with van der Waals surface area (Å²) in [5.41, 5.74) is 0.871. The predicted octanol–water partition coefficient (Wildman–Crippen LogP) is 5.85. The SMILES string of the molecule is C/C=C\C[C@@H](O)CC[C@@H]1[C@@H]2C(=C[C@H](C)C[C@@H]2OC(=O)C(C)(C)CC)C=C[C@@H]1C. The summed E-state index contributed by atoms with van der Waals surface area (Å²) in [7, 11) is 0. The molecule has 2 aliphatic rings. The van der Waals surface area contributed by atoms with Crippen molar-refractivity contribution in [1.82, 2.24) is 0 Å². The number of fused-ring (bicyclic) bond motifs is 1. The quantitative estimate of drug-likeness (QED) is 0.419. The number of carbonyl (C=O) groups excluding carboxylic acids is 1. The van der Waals surface area contributed by atoms with Crippen molar-refractivity contribution in [3.8, 4) is 0 Å². The molecule has 0 spiro atoms. The maximum atomic E-state index is 12.8. The molecule has 0 amide bonds. The zero-order valence-corrected chi connectivity index (χ0v) is 18.7. The topological polar surface area (TPSA) is 46.5 Å². The molecule has 0 heterocycles. The second-order valence-electron chi connectivity index (χ2n) is 9.50. The fourth-order valence-corrected chi connectivity index (χ4v) is 4.46. The third kappa shape index (κ3) is 5.59. The van der Waals surface area contributed by atoms with Crippen LogP contribution >= 0.6 is 0 Å². The fourth-order valence-electron chi connectivity index (χ4n) is 4.46. The lowest BCUT2D eigenvalue weighted by atomic mass is 9.65. The summed E-state index contributed by atoms with van der Waals surface area (Å²) < 4.78 is 6.15. The summed E-state index contributed by atoms with van der Waals surface area (Å²) in [5.74, 6) is 1.38. The minimum absolute atomic E-state index is 0.0709. The summed E-state index contributed by atoms with van der Waals surface area (Å²) in [6.45, 7) is 12.4. The highest BCUT2D eigenvalue weighted by Gasteiger charge is 2.42. The van der Waals surface area contributed by atoms with Crippen molar-refractivity contribution in [3.63, 3.8) is 0 Å². The van der Waals surface area contributed by atoms with E-state index in [4.69, 9.17) is 4.74 Å². The maximum Gasteiger partial charge on any atom is 0.311 e. The molecule has 0 saturated carbocycles. The molecule has 0 aromatic carbocycles.